The van der Waals surface area contributed by atoms with Crippen molar-refractivity contribution in [3.05, 3.63) is 63.9 Å². The third-order valence-electron chi connectivity index (χ3n) is 4.16. The number of benzene rings is 2. The van der Waals surface area contributed by atoms with E-state index in [9.17, 15) is 9.18 Å². The van der Waals surface area contributed by atoms with Crippen molar-refractivity contribution < 1.29 is 9.18 Å². The van der Waals surface area contributed by atoms with Crippen molar-refractivity contribution in [3.8, 4) is 0 Å². The van der Waals surface area contributed by atoms with E-state index in [1.165, 1.54) is 12.1 Å². The van der Waals surface area contributed by atoms with Crippen LogP contribution in [0.1, 0.15) is 10.4 Å². The van der Waals surface area contributed by atoms with Crippen molar-refractivity contribution in [1.29, 1.82) is 0 Å². The second kappa shape index (κ2) is 8.20. The number of hydrogen-bond acceptors (Lipinski definition) is 3. The van der Waals surface area contributed by atoms with Crippen LogP contribution in [0, 0.1) is 5.82 Å². The van der Waals surface area contributed by atoms with Crippen LogP contribution in [-0.4, -0.2) is 42.1 Å². The summed E-state index contributed by atoms with van der Waals surface area (Å²) in [5.41, 5.74) is 0.887. The first-order chi connectivity index (χ1) is 12.5. The van der Waals surface area contributed by atoms with Crippen LogP contribution in [0.3, 0.4) is 0 Å². The van der Waals surface area contributed by atoms with E-state index in [2.05, 4.69) is 5.32 Å². The van der Waals surface area contributed by atoms with Crippen LogP contribution >= 0.6 is 35.4 Å². The zero-order chi connectivity index (χ0) is 18.7. The molecule has 136 valence electrons. The number of carbonyl (C=O) groups is 1. The molecule has 0 radical (unpaired) electrons. The fourth-order valence-corrected chi connectivity index (χ4v) is 3.55. The highest BCUT2D eigenvalue weighted by Crippen LogP contribution is 2.22. The summed E-state index contributed by atoms with van der Waals surface area (Å²) < 4.78 is 13.9. The third-order valence-corrected chi connectivity index (χ3v) is 5.06. The van der Waals surface area contributed by atoms with Gasteiger partial charge in [-0.25, -0.2) is 4.39 Å². The second-order valence-corrected chi connectivity index (χ2v) is 7.04. The molecule has 0 spiro atoms. The van der Waals surface area contributed by atoms with E-state index in [0.29, 0.717) is 47.6 Å². The second-order valence-electron chi connectivity index (χ2n) is 5.81. The number of nitrogens with zero attached hydrogens (tertiary/aromatic N) is 2. The summed E-state index contributed by atoms with van der Waals surface area (Å²) in [5.74, 6) is -0.623. The van der Waals surface area contributed by atoms with Crippen molar-refractivity contribution in [2.45, 2.75) is 0 Å². The lowest BCUT2D eigenvalue weighted by Crippen LogP contribution is -2.52. The zero-order valence-corrected chi connectivity index (χ0v) is 16.0. The minimum absolute atomic E-state index is 0.241. The van der Waals surface area contributed by atoms with E-state index >= 15 is 0 Å². The summed E-state index contributed by atoms with van der Waals surface area (Å²) in [7, 11) is 0. The highest BCUT2D eigenvalue weighted by molar-refractivity contribution is 7.80. The van der Waals surface area contributed by atoms with E-state index in [-0.39, 0.29) is 16.7 Å². The maximum absolute atomic E-state index is 13.9. The molecule has 0 atom stereocenters. The molecule has 0 unspecified atom stereocenters. The highest BCUT2D eigenvalue weighted by Gasteiger charge is 2.22. The molecular weight excluding hydrogens is 396 g/mol. The van der Waals surface area contributed by atoms with Crippen LogP contribution in [0.25, 0.3) is 0 Å². The van der Waals surface area contributed by atoms with Gasteiger partial charge in [0.15, 0.2) is 5.11 Å². The Labute approximate surface area is 166 Å². The van der Waals surface area contributed by atoms with E-state index in [1.807, 2.05) is 15.9 Å². The number of hydrogen-bond donors (Lipinski definition) is 1. The Morgan fingerprint density at radius 3 is 2.42 bits per heavy atom. The fraction of sp³-hybridized carbons (Fsp3) is 0.222. The number of para-hydroxylation sites is 1. The number of thiocarbonyl (C=S) groups is 1. The molecule has 0 aliphatic carbocycles. The predicted molar refractivity (Wildman–Crippen MR) is 107 cm³/mol. The summed E-state index contributed by atoms with van der Waals surface area (Å²) in [4.78, 5) is 16.2. The van der Waals surface area contributed by atoms with E-state index < -0.39 is 0 Å². The summed E-state index contributed by atoms with van der Waals surface area (Å²) in [6.45, 7) is 2.39. The summed E-state index contributed by atoms with van der Waals surface area (Å²) in [5, 5.41) is 3.74. The Morgan fingerprint density at radius 2 is 1.77 bits per heavy atom. The zero-order valence-electron chi connectivity index (χ0n) is 13.7. The molecule has 1 saturated heterocycles. The van der Waals surface area contributed by atoms with Crippen LogP contribution in [0.4, 0.5) is 10.1 Å². The van der Waals surface area contributed by atoms with Crippen LogP contribution in [-0.2, 0) is 0 Å². The molecule has 1 heterocycles. The Morgan fingerprint density at radius 1 is 1.08 bits per heavy atom. The molecule has 26 heavy (non-hydrogen) atoms. The number of carbonyl (C=O) groups excluding carboxylic acids is 1. The normalized spacial score (nSPS) is 14.3. The average Bonchev–Trinajstić information content (AvgIpc) is 2.62. The fourth-order valence-electron chi connectivity index (χ4n) is 2.78. The van der Waals surface area contributed by atoms with E-state index in [1.54, 1.807) is 24.3 Å². The minimum Gasteiger partial charge on any atom is -0.366 e. The Hall–Kier alpha value is -1.89. The molecular formula is C18H16Cl2FN3OS. The maximum atomic E-state index is 13.9. The van der Waals surface area contributed by atoms with Gasteiger partial charge in [0.25, 0.3) is 5.91 Å². The van der Waals surface area contributed by atoms with Crippen molar-refractivity contribution in [2.75, 3.05) is 31.1 Å². The Bertz CT molecular complexity index is 841. The SMILES string of the molecule is O=C(NC(=S)N1CCN(c2ccccc2F)CC1)c1ccc(Cl)cc1Cl. The average molecular weight is 412 g/mol. The molecule has 1 fully saturated rings. The molecule has 2 aromatic carbocycles. The number of piperazine rings is 1. The molecule has 1 aliphatic rings. The molecule has 1 amide bonds. The van der Waals surface area contributed by atoms with Gasteiger partial charge in [0, 0.05) is 31.2 Å². The van der Waals surface area contributed by atoms with Crippen molar-refractivity contribution in [2.24, 2.45) is 0 Å². The van der Waals surface area contributed by atoms with Gasteiger partial charge in [-0.2, -0.15) is 0 Å². The van der Waals surface area contributed by atoms with Gasteiger partial charge >= 0.3 is 0 Å². The lowest BCUT2D eigenvalue weighted by Gasteiger charge is -2.37. The number of amides is 1. The molecule has 2 aromatic rings. The van der Waals surface area contributed by atoms with Gasteiger partial charge in [-0.3, -0.25) is 10.1 Å². The maximum Gasteiger partial charge on any atom is 0.258 e. The highest BCUT2D eigenvalue weighted by atomic mass is 35.5. The first kappa shape index (κ1) is 18.9. The summed E-state index contributed by atoms with van der Waals surface area (Å²) in [6.07, 6.45) is 0. The van der Waals surface area contributed by atoms with Crippen LogP contribution in [0.2, 0.25) is 10.0 Å². The molecule has 1 aliphatic heterocycles. The number of rotatable bonds is 2. The minimum atomic E-state index is -0.381. The summed E-state index contributed by atoms with van der Waals surface area (Å²) >= 11 is 17.2. The molecule has 4 nitrogen and oxygen atoms in total. The lowest BCUT2D eigenvalue weighted by atomic mass is 10.2. The predicted octanol–water partition coefficient (Wildman–Crippen LogP) is 3.97. The standard InChI is InChI=1S/C18H16Cl2FN3OS/c19-12-5-6-13(14(20)11-12)17(25)22-18(26)24-9-7-23(8-10-24)16-4-2-1-3-15(16)21/h1-6,11H,7-10H2,(H,22,25,26). The van der Waals surface area contributed by atoms with Gasteiger partial charge in [-0.05, 0) is 42.5 Å². The molecule has 8 heteroatoms. The largest absolute Gasteiger partial charge is 0.366 e. The van der Waals surface area contributed by atoms with Gasteiger partial charge in [0.2, 0.25) is 0 Å². The number of anilines is 1. The van der Waals surface area contributed by atoms with Crippen molar-refractivity contribution in [3.63, 3.8) is 0 Å². The van der Waals surface area contributed by atoms with Gasteiger partial charge in [0.05, 0.1) is 16.3 Å². The monoisotopic (exact) mass is 411 g/mol. The Kier molecular flexibility index (Phi) is 5.96. The molecule has 0 aromatic heterocycles. The number of nitrogens with one attached hydrogen (secondary N) is 1. The Balaban J connectivity index is 1.58. The molecule has 1 N–H and O–H groups in total. The van der Waals surface area contributed by atoms with Gasteiger partial charge < -0.3 is 9.80 Å². The smallest absolute Gasteiger partial charge is 0.258 e. The van der Waals surface area contributed by atoms with E-state index in [0.717, 1.165) is 0 Å². The third kappa shape index (κ3) is 4.26. The van der Waals surface area contributed by atoms with Gasteiger partial charge in [-0.15, -0.1) is 0 Å². The quantitative estimate of drug-likeness (QED) is 0.758. The van der Waals surface area contributed by atoms with E-state index in [4.69, 9.17) is 35.4 Å². The topological polar surface area (TPSA) is 35.6 Å². The van der Waals surface area contributed by atoms with Crippen LogP contribution < -0.4 is 10.2 Å². The molecule has 0 saturated carbocycles. The first-order valence-corrected chi connectivity index (χ1v) is 9.17. The molecule has 3 rings (SSSR count). The van der Waals surface area contributed by atoms with Crippen molar-refractivity contribution >= 4 is 52.1 Å². The first-order valence-electron chi connectivity index (χ1n) is 8.00. The van der Waals surface area contributed by atoms with Gasteiger partial charge in [-0.1, -0.05) is 35.3 Å². The number of halogens is 3. The van der Waals surface area contributed by atoms with Gasteiger partial charge in [0.1, 0.15) is 5.82 Å². The summed E-state index contributed by atoms with van der Waals surface area (Å²) in [6, 6.07) is 11.3. The van der Waals surface area contributed by atoms with Crippen molar-refractivity contribution in [1.82, 2.24) is 10.2 Å². The molecule has 0 bridgehead atoms. The van der Waals surface area contributed by atoms with Crippen LogP contribution in [0.15, 0.2) is 42.5 Å². The van der Waals surface area contributed by atoms with Crippen LogP contribution in [0.5, 0.6) is 0 Å². The lowest BCUT2D eigenvalue weighted by molar-refractivity contribution is 0.0973.